The van der Waals surface area contributed by atoms with E-state index >= 15 is 0 Å². The maximum atomic E-state index is 14.8. The first-order valence-electron chi connectivity index (χ1n) is 15.0. The summed E-state index contributed by atoms with van der Waals surface area (Å²) in [7, 11) is 0. The summed E-state index contributed by atoms with van der Waals surface area (Å²) in [6, 6.07) is 3.22. The molecular formula is C30H40F4N6O3. The van der Waals surface area contributed by atoms with Crippen LogP contribution in [0.15, 0.2) is 48.1 Å². The van der Waals surface area contributed by atoms with Gasteiger partial charge in [-0.15, -0.1) is 0 Å². The molecule has 0 radical (unpaired) electrons. The van der Waals surface area contributed by atoms with Gasteiger partial charge in [0.2, 0.25) is 5.91 Å². The number of dihydropyridines is 1. The fraction of sp³-hybridized carbons (Fsp3) is 0.633. The average molecular weight is 609 g/mol. The smallest absolute Gasteiger partial charge is 0.363 e. The van der Waals surface area contributed by atoms with Crippen LogP contribution in [0.25, 0.3) is 0 Å². The highest BCUT2D eigenvalue weighted by atomic mass is 19.4. The minimum Gasteiger partial charge on any atom is -0.363 e. The number of carbonyl (C=O) groups is 2. The number of nitrogens with one attached hydrogen (secondary N) is 3. The van der Waals surface area contributed by atoms with Crippen LogP contribution >= 0.6 is 0 Å². The first-order chi connectivity index (χ1) is 20.5. The lowest BCUT2D eigenvalue weighted by Gasteiger charge is -2.47. The summed E-state index contributed by atoms with van der Waals surface area (Å²) in [6.07, 6.45) is 3.09. The van der Waals surface area contributed by atoms with Crippen LogP contribution in [0.4, 0.5) is 17.6 Å². The number of hydrogen-bond acceptors (Lipinski definition) is 7. The second-order valence-corrected chi connectivity index (χ2v) is 11.9. The van der Waals surface area contributed by atoms with Crippen LogP contribution in [0.1, 0.15) is 51.5 Å². The van der Waals surface area contributed by atoms with Crippen molar-refractivity contribution < 1.29 is 31.9 Å². The molecule has 1 aromatic heterocycles. The van der Waals surface area contributed by atoms with E-state index in [1.807, 2.05) is 24.8 Å². The third-order valence-electron chi connectivity index (χ3n) is 9.14. The Morgan fingerprint density at radius 1 is 1.19 bits per heavy atom. The SMILES string of the molecule is CCOC1(c2cccnc2)C=CC(N2CCN(C(=O)C3(C(F)(F)F)CCCC3)C[C@H]2CC)=C(C(=O)NCC2(F)CNC2)N1. The molecule has 1 unspecified atom stereocenters. The molecule has 2 atom stereocenters. The van der Waals surface area contributed by atoms with Crippen molar-refractivity contribution in [2.45, 2.75) is 69.6 Å². The Hall–Kier alpha value is -3.19. The topological polar surface area (TPSA) is 98.8 Å². The highest BCUT2D eigenvalue weighted by Gasteiger charge is 2.62. The number of halogens is 4. The molecule has 1 aromatic rings. The zero-order valence-electron chi connectivity index (χ0n) is 24.6. The van der Waals surface area contributed by atoms with Crippen molar-refractivity contribution in [1.29, 1.82) is 0 Å². The van der Waals surface area contributed by atoms with Crippen molar-refractivity contribution in [1.82, 2.24) is 30.7 Å². The van der Waals surface area contributed by atoms with E-state index in [1.54, 1.807) is 30.6 Å². The molecule has 43 heavy (non-hydrogen) atoms. The summed E-state index contributed by atoms with van der Waals surface area (Å²) in [5.41, 5.74) is -3.80. The van der Waals surface area contributed by atoms with Gasteiger partial charge in [-0.2, -0.15) is 13.2 Å². The van der Waals surface area contributed by atoms with Crippen LogP contribution in [0, 0.1) is 5.41 Å². The van der Waals surface area contributed by atoms with Gasteiger partial charge in [0.1, 0.15) is 11.1 Å². The minimum atomic E-state index is -4.61. The molecule has 9 nitrogen and oxygen atoms in total. The van der Waals surface area contributed by atoms with Crippen molar-refractivity contribution in [3.8, 4) is 0 Å². The molecular weight excluding hydrogens is 568 g/mol. The number of piperazine rings is 1. The predicted molar refractivity (Wildman–Crippen MR) is 151 cm³/mol. The summed E-state index contributed by atoms with van der Waals surface area (Å²) < 4.78 is 63.5. The molecule has 3 aliphatic heterocycles. The molecule has 4 aliphatic rings. The molecule has 3 N–H and O–H groups in total. The Labute approximate surface area is 249 Å². The number of rotatable bonds is 9. The van der Waals surface area contributed by atoms with Crippen LogP contribution in [0.3, 0.4) is 0 Å². The Kier molecular flexibility index (Phi) is 8.77. The number of pyridine rings is 1. The lowest BCUT2D eigenvalue weighted by Crippen LogP contribution is -2.62. The molecule has 4 heterocycles. The molecule has 2 amide bonds. The lowest BCUT2D eigenvalue weighted by atomic mass is 9.83. The first kappa shape index (κ1) is 31.2. The van der Waals surface area contributed by atoms with Crippen molar-refractivity contribution >= 4 is 11.8 Å². The molecule has 0 spiro atoms. The molecule has 236 valence electrons. The second kappa shape index (κ2) is 12.1. The third-order valence-corrected chi connectivity index (χ3v) is 9.14. The maximum Gasteiger partial charge on any atom is 0.403 e. The number of nitrogens with zero attached hydrogens (tertiary/aromatic N) is 3. The normalized spacial score (nSPS) is 26.6. The highest BCUT2D eigenvalue weighted by molar-refractivity contribution is 5.94. The fourth-order valence-electron chi connectivity index (χ4n) is 6.58. The summed E-state index contributed by atoms with van der Waals surface area (Å²) in [6.45, 7) is 4.51. The molecule has 5 rings (SSSR count). The lowest BCUT2D eigenvalue weighted by molar-refractivity contribution is -0.226. The molecule has 0 bridgehead atoms. The van der Waals surface area contributed by atoms with Crippen LogP contribution in [-0.4, -0.2) is 90.4 Å². The number of aromatic nitrogens is 1. The second-order valence-electron chi connectivity index (χ2n) is 11.9. The highest BCUT2D eigenvalue weighted by Crippen LogP contribution is 2.52. The molecule has 2 saturated heterocycles. The monoisotopic (exact) mass is 608 g/mol. The van der Waals surface area contributed by atoms with Crippen LogP contribution in [0.5, 0.6) is 0 Å². The largest absolute Gasteiger partial charge is 0.403 e. The van der Waals surface area contributed by atoms with Gasteiger partial charge in [0.05, 0.1) is 12.2 Å². The van der Waals surface area contributed by atoms with Gasteiger partial charge in [-0.3, -0.25) is 14.6 Å². The molecule has 13 heteroatoms. The van der Waals surface area contributed by atoms with Gasteiger partial charge < -0.3 is 30.5 Å². The zero-order valence-corrected chi connectivity index (χ0v) is 24.6. The Bertz CT molecular complexity index is 1250. The minimum absolute atomic E-state index is 0.0812. The fourth-order valence-corrected chi connectivity index (χ4v) is 6.58. The number of hydrogen-bond donors (Lipinski definition) is 3. The van der Waals surface area contributed by atoms with E-state index in [2.05, 4.69) is 20.9 Å². The van der Waals surface area contributed by atoms with Crippen LogP contribution in [0.2, 0.25) is 0 Å². The molecule has 1 saturated carbocycles. The number of allylic oxidation sites excluding steroid dienone is 1. The van der Waals surface area contributed by atoms with Gasteiger partial charge in [-0.25, -0.2) is 4.39 Å². The zero-order chi connectivity index (χ0) is 30.9. The van der Waals surface area contributed by atoms with E-state index in [9.17, 15) is 27.2 Å². The van der Waals surface area contributed by atoms with E-state index in [0.717, 1.165) is 0 Å². The van der Waals surface area contributed by atoms with Crippen molar-refractivity contribution in [3.05, 3.63) is 53.6 Å². The van der Waals surface area contributed by atoms with Crippen molar-refractivity contribution in [2.75, 3.05) is 45.9 Å². The van der Waals surface area contributed by atoms with Crippen molar-refractivity contribution in [2.24, 2.45) is 5.41 Å². The van der Waals surface area contributed by atoms with Gasteiger partial charge in [-0.05, 0) is 44.4 Å². The average Bonchev–Trinajstić information content (AvgIpc) is 3.51. The van der Waals surface area contributed by atoms with E-state index < -0.39 is 34.8 Å². The summed E-state index contributed by atoms with van der Waals surface area (Å²) in [4.78, 5) is 34.7. The van der Waals surface area contributed by atoms with E-state index in [4.69, 9.17) is 4.74 Å². The summed E-state index contributed by atoms with van der Waals surface area (Å²) in [5, 5.41) is 8.85. The van der Waals surface area contributed by atoms with Gasteiger partial charge in [0.15, 0.2) is 11.4 Å². The standard InChI is InChI=1S/C30H40F4N6O3/c1-3-22-17-39(26(42)28(30(32,33)34)10-5-6-11-28)14-15-40(22)23-9-12-29(43-4-2,21-8-7-13-35-16-21)38-24(23)25(41)37-20-27(31)18-36-19-27/h7-9,12-13,16,22,36,38H,3-6,10-11,14-15,17-20H2,1-2H3,(H,37,41)/t22-,29?/m1/s1. The van der Waals surface area contributed by atoms with Crippen LogP contribution in [-0.2, 0) is 20.1 Å². The van der Waals surface area contributed by atoms with Crippen LogP contribution < -0.4 is 16.0 Å². The number of ether oxygens (including phenoxy) is 1. The molecule has 3 fully saturated rings. The third kappa shape index (κ3) is 5.85. The maximum absolute atomic E-state index is 14.8. The van der Waals surface area contributed by atoms with Gasteiger partial charge in [-0.1, -0.05) is 25.8 Å². The van der Waals surface area contributed by atoms with Crippen molar-refractivity contribution in [3.63, 3.8) is 0 Å². The van der Waals surface area contributed by atoms with Gasteiger partial charge >= 0.3 is 6.18 Å². The summed E-state index contributed by atoms with van der Waals surface area (Å²) in [5.74, 6) is -1.39. The number of alkyl halides is 4. The molecule has 1 aliphatic carbocycles. The quantitative estimate of drug-likeness (QED) is 0.371. The Morgan fingerprint density at radius 2 is 1.93 bits per heavy atom. The van der Waals surface area contributed by atoms with E-state index in [1.165, 1.54) is 4.90 Å². The Balaban J connectivity index is 1.45. The molecule has 0 aromatic carbocycles. The number of carbonyl (C=O) groups excluding carboxylic acids is 2. The first-order valence-corrected chi connectivity index (χ1v) is 15.0. The van der Waals surface area contributed by atoms with E-state index in [0.29, 0.717) is 37.1 Å². The number of amides is 2. The van der Waals surface area contributed by atoms with E-state index in [-0.39, 0.29) is 63.8 Å². The predicted octanol–water partition coefficient (Wildman–Crippen LogP) is 3.12. The van der Waals surface area contributed by atoms with Gasteiger partial charge in [0.25, 0.3) is 5.91 Å². The summed E-state index contributed by atoms with van der Waals surface area (Å²) >= 11 is 0. The Morgan fingerprint density at radius 3 is 2.51 bits per heavy atom. The van der Waals surface area contributed by atoms with Gasteiger partial charge in [0, 0.05) is 63.3 Å².